The van der Waals surface area contributed by atoms with Crippen molar-refractivity contribution in [2.45, 2.75) is 71.6 Å². The van der Waals surface area contributed by atoms with Crippen molar-refractivity contribution in [2.75, 3.05) is 0 Å². The Morgan fingerprint density at radius 3 is 1.87 bits per heavy atom. The van der Waals surface area contributed by atoms with E-state index in [0.717, 1.165) is 5.02 Å². The van der Waals surface area contributed by atoms with Crippen LogP contribution in [0.25, 0.3) is 22.3 Å². The molecule has 0 bridgehead atoms. The molecule has 0 unspecified atom stereocenters. The molecular formula is C29H33Cl. The summed E-state index contributed by atoms with van der Waals surface area (Å²) in [6, 6.07) is 20.2. The molecule has 0 saturated carbocycles. The number of hydrogen-bond acceptors (Lipinski definition) is 0. The summed E-state index contributed by atoms with van der Waals surface area (Å²) in [5, 5.41) is 0.808. The Morgan fingerprint density at radius 1 is 0.700 bits per heavy atom. The van der Waals surface area contributed by atoms with Crippen LogP contribution in [0.2, 0.25) is 5.02 Å². The fourth-order valence-electron chi connectivity index (χ4n) is 4.93. The van der Waals surface area contributed by atoms with Gasteiger partial charge in [0.15, 0.2) is 0 Å². The SMILES string of the molecule is CC(C)(C)c1ccc(-c2ccc(C(C)(C)C)c3c2-c2ccc(Cl)cc2C3(C)C)cc1. The van der Waals surface area contributed by atoms with Gasteiger partial charge >= 0.3 is 0 Å². The van der Waals surface area contributed by atoms with Gasteiger partial charge < -0.3 is 0 Å². The van der Waals surface area contributed by atoms with Gasteiger partial charge in [0.2, 0.25) is 0 Å². The molecule has 0 atom stereocenters. The van der Waals surface area contributed by atoms with Crippen LogP contribution in [0.4, 0.5) is 0 Å². The van der Waals surface area contributed by atoms with Crippen molar-refractivity contribution >= 4 is 11.6 Å². The highest BCUT2D eigenvalue weighted by atomic mass is 35.5. The van der Waals surface area contributed by atoms with Crippen molar-refractivity contribution in [3.63, 3.8) is 0 Å². The van der Waals surface area contributed by atoms with Crippen molar-refractivity contribution in [1.29, 1.82) is 0 Å². The highest BCUT2D eigenvalue weighted by Gasteiger charge is 2.41. The van der Waals surface area contributed by atoms with E-state index < -0.39 is 0 Å². The molecule has 0 aliphatic heterocycles. The molecule has 3 aromatic rings. The molecule has 1 heteroatoms. The lowest BCUT2D eigenvalue weighted by Gasteiger charge is -2.31. The second-order valence-electron chi connectivity index (χ2n) is 11.3. The Bertz CT molecular complexity index is 1120. The van der Waals surface area contributed by atoms with Crippen molar-refractivity contribution in [3.8, 4) is 22.3 Å². The lowest BCUT2D eigenvalue weighted by atomic mass is 9.73. The van der Waals surface area contributed by atoms with E-state index in [-0.39, 0.29) is 16.2 Å². The topological polar surface area (TPSA) is 0 Å². The summed E-state index contributed by atoms with van der Waals surface area (Å²) in [5.74, 6) is 0. The highest BCUT2D eigenvalue weighted by Crippen LogP contribution is 2.55. The van der Waals surface area contributed by atoms with Gasteiger partial charge in [-0.3, -0.25) is 0 Å². The van der Waals surface area contributed by atoms with Crippen LogP contribution in [0.15, 0.2) is 54.6 Å². The van der Waals surface area contributed by atoms with E-state index in [9.17, 15) is 0 Å². The number of benzene rings is 3. The van der Waals surface area contributed by atoms with E-state index in [1.807, 2.05) is 6.07 Å². The molecule has 0 spiro atoms. The van der Waals surface area contributed by atoms with E-state index in [1.54, 1.807) is 0 Å². The van der Waals surface area contributed by atoms with Crippen LogP contribution in [-0.2, 0) is 16.2 Å². The molecule has 0 N–H and O–H groups in total. The van der Waals surface area contributed by atoms with Gasteiger partial charge in [0.1, 0.15) is 0 Å². The molecule has 30 heavy (non-hydrogen) atoms. The Labute approximate surface area is 187 Å². The van der Waals surface area contributed by atoms with Gasteiger partial charge in [-0.1, -0.05) is 109 Å². The standard InChI is InChI=1S/C29H33Cl/c1-27(2,3)19-11-9-18(10-12-19)21-15-16-23(28(4,5)6)26-25(21)22-14-13-20(30)17-24(22)29(26,7)8/h9-17H,1-8H3. The molecular weight excluding hydrogens is 384 g/mol. The summed E-state index contributed by atoms with van der Waals surface area (Å²) in [5.41, 5.74) is 11.0. The predicted octanol–water partition coefficient (Wildman–Crippen LogP) is 8.91. The minimum Gasteiger partial charge on any atom is -0.0843 e. The summed E-state index contributed by atoms with van der Waals surface area (Å²) < 4.78 is 0. The first-order chi connectivity index (χ1) is 13.8. The first-order valence-corrected chi connectivity index (χ1v) is 11.3. The normalized spacial score (nSPS) is 15.1. The van der Waals surface area contributed by atoms with E-state index in [0.29, 0.717) is 0 Å². The lowest BCUT2D eigenvalue weighted by molar-refractivity contribution is 0.557. The van der Waals surface area contributed by atoms with Crippen LogP contribution in [0.1, 0.15) is 77.6 Å². The Kier molecular flexibility index (Phi) is 4.75. The fraction of sp³-hybridized carbons (Fsp3) is 0.379. The summed E-state index contributed by atoms with van der Waals surface area (Å²) >= 11 is 6.44. The van der Waals surface area contributed by atoms with Crippen LogP contribution in [0.3, 0.4) is 0 Å². The van der Waals surface area contributed by atoms with Crippen LogP contribution < -0.4 is 0 Å². The third kappa shape index (κ3) is 3.30. The molecule has 0 heterocycles. The Balaban J connectivity index is 2.03. The summed E-state index contributed by atoms with van der Waals surface area (Å²) in [6.07, 6.45) is 0. The van der Waals surface area contributed by atoms with Crippen molar-refractivity contribution in [1.82, 2.24) is 0 Å². The van der Waals surface area contributed by atoms with E-state index in [1.165, 1.54) is 44.5 Å². The molecule has 156 valence electrons. The monoisotopic (exact) mass is 416 g/mol. The number of fused-ring (bicyclic) bond motifs is 3. The Hall–Kier alpha value is -2.05. The fourth-order valence-corrected chi connectivity index (χ4v) is 5.11. The zero-order valence-electron chi connectivity index (χ0n) is 19.6. The summed E-state index contributed by atoms with van der Waals surface area (Å²) in [6.45, 7) is 18.4. The van der Waals surface area contributed by atoms with Gasteiger partial charge in [-0.2, -0.15) is 0 Å². The minimum absolute atomic E-state index is 0.0712. The molecule has 0 fully saturated rings. The van der Waals surface area contributed by atoms with Gasteiger partial charge in [-0.05, 0) is 67.5 Å². The molecule has 1 aliphatic carbocycles. The number of halogens is 1. The largest absolute Gasteiger partial charge is 0.0843 e. The second kappa shape index (κ2) is 6.72. The smallest absolute Gasteiger partial charge is 0.0409 e. The van der Waals surface area contributed by atoms with Gasteiger partial charge in [-0.15, -0.1) is 0 Å². The average molecular weight is 417 g/mol. The van der Waals surface area contributed by atoms with Gasteiger partial charge in [0.05, 0.1) is 0 Å². The first kappa shape index (κ1) is 21.2. The molecule has 0 amide bonds. The number of hydrogen-bond donors (Lipinski definition) is 0. The van der Waals surface area contributed by atoms with E-state index >= 15 is 0 Å². The molecule has 4 rings (SSSR count). The van der Waals surface area contributed by atoms with E-state index in [2.05, 4.69) is 104 Å². The third-order valence-corrected chi connectivity index (χ3v) is 6.86. The molecule has 1 aliphatic rings. The van der Waals surface area contributed by atoms with Crippen LogP contribution in [0, 0.1) is 0 Å². The maximum atomic E-state index is 6.44. The summed E-state index contributed by atoms with van der Waals surface area (Å²) in [4.78, 5) is 0. The molecule has 0 aromatic heterocycles. The highest BCUT2D eigenvalue weighted by molar-refractivity contribution is 6.30. The predicted molar refractivity (Wildman–Crippen MR) is 132 cm³/mol. The first-order valence-electron chi connectivity index (χ1n) is 10.9. The van der Waals surface area contributed by atoms with Gasteiger partial charge in [0, 0.05) is 10.4 Å². The third-order valence-electron chi connectivity index (χ3n) is 6.62. The minimum atomic E-state index is -0.0838. The van der Waals surface area contributed by atoms with Crippen molar-refractivity contribution in [3.05, 3.63) is 81.9 Å². The van der Waals surface area contributed by atoms with Crippen LogP contribution >= 0.6 is 11.6 Å². The number of rotatable bonds is 1. The Morgan fingerprint density at radius 2 is 1.30 bits per heavy atom. The lowest BCUT2D eigenvalue weighted by Crippen LogP contribution is -2.23. The van der Waals surface area contributed by atoms with Gasteiger partial charge in [0.25, 0.3) is 0 Å². The maximum absolute atomic E-state index is 6.44. The van der Waals surface area contributed by atoms with Gasteiger partial charge in [-0.25, -0.2) is 0 Å². The van der Waals surface area contributed by atoms with E-state index in [4.69, 9.17) is 11.6 Å². The second-order valence-corrected chi connectivity index (χ2v) is 11.7. The maximum Gasteiger partial charge on any atom is 0.0409 e. The molecule has 3 aromatic carbocycles. The molecule has 0 saturated heterocycles. The zero-order chi connectivity index (χ0) is 22.1. The van der Waals surface area contributed by atoms with Crippen molar-refractivity contribution in [2.24, 2.45) is 0 Å². The quantitative estimate of drug-likeness (QED) is 0.371. The molecule has 0 nitrogen and oxygen atoms in total. The molecule has 0 radical (unpaired) electrons. The van der Waals surface area contributed by atoms with Crippen LogP contribution in [-0.4, -0.2) is 0 Å². The summed E-state index contributed by atoms with van der Waals surface area (Å²) in [7, 11) is 0. The average Bonchev–Trinajstić information content (AvgIpc) is 2.87. The van der Waals surface area contributed by atoms with Crippen molar-refractivity contribution < 1.29 is 0 Å². The van der Waals surface area contributed by atoms with Crippen LogP contribution in [0.5, 0.6) is 0 Å². The zero-order valence-corrected chi connectivity index (χ0v) is 20.3.